The number of amides is 3. The summed E-state index contributed by atoms with van der Waals surface area (Å²) in [6.07, 6.45) is 1.45. The topological polar surface area (TPSA) is 130 Å². The van der Waals surface area contributed by atoms with Crippen molar-refractivity contribution in [2.24, 2.45) is 0 Å². The normalized spacial score (nSPS) is 11.7. The van der Waals surface area contributed by atoms with Crippen LogP contribution in [0, 0.1) is 11.6 Å². The van der Waals surface area contributed by atoms with Crippen LogP contribution in [0.15, 0.2) is 100 Å². The average Bonchev–Trinajstić information content (AvgIpc) is 3.58. The summed E-state index contributed by atoms with van der Waals surface area (Å²) in [6, 6.07) is 20.0. The Labute approximate surface area is 313 Å². The average molecular weight is 752 g/mol. The number of hydrogen-bond acceptors (Lipinski definition) is 7. The summed E-state index contributed by atoms with van der Waals surface area (Å²) in [5.74, 6) is -1.92. The number of carbonyl (C=O) groups excluding carboxylic acids is 2. The van der Waals surface area contributed by atoms with Gasteiger partial charge in [0.1, 0.15) is 16.5 Å². The maximum absolute atomic E-state index is 15.0. The smallest absolute Gasteiger partial charge is 0.338 e. The number of aromatic nitrogens is 3. The molecule has 14 heteroatoms. The van der Waals surface area contributed by atoms with Crippen molar-refractivity contribution in [3.8, 4) is 11.4 Å². The van der Waals surface area contributed by atoms with Crippen molar-refractivity contribution in [3.63, 3.8) is 0 Å². The summed E-state index contributed by atoms with van der Waals surface area (Å²) >= 11 is 1.23. The number of anilines is 2. The van der Waals surface area contributed by atoms with Crippen LogP contribution >= 0.6 is 11.3 Å². The molecule has 0 bridgehead atoms. The molecule has 3 aromatic heterocycles. The largest absolute Gasteiger partial charge is 0.341 e. The Morgan fingerprint density at radius 3 is 2.28 bits per heavy atom. The molecule has 3 N–H and O–H groups in total. The highest BCUT2D eigenvalue weighted by Crippen LogP contribution is 2.33. The van der Waals surface area contributed by atoms with E-state index in [1.165, 1.54) is 33.8 Å². The van der Waals surface area contributed by atoms with E-state index in [2.05, 4.69) is 20.9 Å². The van der Waals surface area contributed by atoms with E-state index in [0.29, 0.717) is 33.9 Å². The van der Waals surface area contributed by atoms with Crippen LogP contribution in [-0.2, 0) is 17.8 Å². The molecule has 0 fully saturated rings. The molecule has 1 atom stereocenters. The van der Waals surface area contributed by atoms with Crippen LogP contribution in [-0.4, -0.2) is 39.1 Å². The van der Waals surface area contributed by atoms with Crippen molar-refractivity contribution >= 4 is 44.9 Å². The first-order valence-electron chi connectivity index (χ1n) is 17.4. The van der Waals surface area contributed by atoms with Crippen LogP contribution in [0.2, 0.25) is 0 Å². The Bertz CT molecular complexity index is 2430. The zero-order valence-corrected chi connectivity index (χ0v) is 31.0. The molecule has 3 heterocycles. The molecule has 278 valence electrons. The lowest BCUT2D eigenvalue weighted by molar-refractivity contribution is -0.116. The molecular formula is C40H39F2N7O4S. The minimum Gasteiger partial charge on any atom is -0.338 e. The molecule has 6 aromatic rings. The van der Waals surface area contributed by atoms with Gasteiger partial charge in [0.05, 0.1) is 28.1 Å². The number of thiophene rings is 1. The molecule has 54 heavy (non-hydrogen) atoms. The lowest BCUT2D eigenvalue weighted by Crippen LogP contribution is -2.40. The van der Waals surface area contributed by atoms with Gasteiger partial charge in [-0.25, -0.2) is 22.9 Å². The zero-order chi connectivity index (χ0) is 38.5. The molecule has 3 aromatic carbocycles. The van der Waals surface area contributed by atoms with Crippen LogP contribution in [0.4, 0.5) is 25.0 Å². The molecule has 0 saturated carbocycles. The third-order valence-electron chi connectivity index (χ3n) is 9.04. The van der Waals surface area contributed by atoms with E-state index in [9.17, 15) is 28.0 Å². The lowest BCUT2D eigenvalue weighted by atomic mass is 10.00. The van der Waals surface area contributed by atoms with Crippen LogP contribution in [0.1, 0.15) is 56.1 Å². The van der Waals surface area contributed by atoms with Crippen LogP contribution in [0.25, 0.3) is 21.6 Å². The van der Waals surface area contributed by atoms with Crippen molar-refractivity contribution in [1.29, 1.82) is 0 Å². The molecule has 0 saturated heterocycles. The molecular weight excluding hydrogens is 713 g/mol. The Hall–Kier alpha value is -5.99. The molecule has 0 spiro atoms. The first-order chi connectivity index (χ1) is 26.0. The third kappa shape index (κ3) is 7.56. The fourth-order valence-corrected chi connectivity index (χ4v) is 7.48. The monoisotopic (exact) mass is 751 g/mol. The van der Waals surface area contributed by atoms with Gasteiger partial charge in [0.15, 0.2) is 0 Å². The first-order valence-corrected chi connectivity index (χ1v) is 18.3. The van der Waals surface area contributed by atoms with Gasteiger partial charge < -0.3 is 20.9 Å². The zero-order valence-electron chi connectivity index (χ0n) is 30.2. The number of halogens is 2. The predicted octanol–water partition coefficient (Wildman–Crippen LogP) is 6.83. The van der Waals surface area contributed by atoms with Crippen molar-refractivity contribution in [2.75, 3.05) is 23.3 Å². The molecule has 0 radical (unpaired) electrons. The van der Waals surface area contributed by atoms with E-state index >= 15 is 0 Å². The van der Waals surface area contributed by atoms with Gasteiger partial charge in [-0.15, -0.1) is 11.3 Å². The van der Waals surface area contributed by atoms with Crippen molar-refractivity contribution in [3.05, 3.63) is 145 Å². The SMILES string of the molecule is CCNC(=O)Nc1ccc(-n2c(=O)n(-c3cccc(Cc4c(F)cccc4F)c3N(CC)C(C)=O)c(=O)c3c(CNC(C)c4ccccn4)csc32)cc1. The lowest BCUT2D eigenvalue weighted by Gasteiger charge is -2.26. The van der Waals surface area contributed by atoms with Gasteiger partial charge in [-0.05, 0) is 91.9 Å². The molecule has 11 nitrogen and oxygen atoms in total. The van der Waals surface area contributed by atoms with Gasteiger partial charge in [0.2, 0.25) is 5.91 Å². The van der Waals surface area contributed by atoms with Gasteiger partial charge in [-0.2, -0.15) is 0 Å². The predicted molar refractivity (Wildman–Crippen MR) is 208 cm³/mol. The molecule has 6 rings (SSSR count). The minimum absolute atomic E-state index is 0.0773. The molecule has 3 amide bonds. The van der Waals surface area contributed by atoms with E-state index in [0.717, 1.165) is 22.4 Å². The highest BCUT2D eigenvalue weighted by Gasteiger charge is 2.26. The Balaban J connectivity index is 1.59. The summed E-state index contributed by atoms with van der Waals surface area (Å²) in [4.78, 5) is 61.2. The standard InChI is InChI=1S/C40H39F2N7O4S/c1-5-43-39(52)46-28-16-18-29(19-17-28)48-38-35(27(23-54-38)22-45-24(3)33-14-7-8-20-44-33)37(51)49(40(48)53)34-15-9-11-26(36(34)47(6-2)25(4)50)21-30-31(41)12-10-13-32(30)42/h7-20,23-24,45H,5-6,21-22H2,1-4H3,(H2,43,46,52). The number of nitrogens with one attached hydrogen (secondary N) is 3. The summed E-state index contributed by atoms with van der Waals surface area (Å²) in [6.45, 7) is 7.68. The second-order valence-corrected chi connectivity index (χ2v) is 13.4. The summed E-state index contributed by atoms with van der Waals surface area (Å²) in [5, 5.41) is 10.9. The van der Waals surface area contributed by atoms with Gasteiger partial charge in [-0.1, -0.05) is 24.3 Å². The fourth-order valence-electron chi connectivity index (χ4n) is 6.40. The Kier molecular flexibility index (Phi) is 11.4. The second kappa shape index (κ2) is 16.4. The van der Waals surface area contributed by atoms with Crippen molar-refractivity contribution in [2.45, 2.75) is 46.7 Å². The van der Waals surface area contributed by atoms with Gasteiger partial charge in [0.25, 0.3) is 5.56 Å². The van der Waals surface area contributed by atoms with Gasteiger partial charge in [0, 0.05) is 56.5 Å². The van der Waals surface area contributed by atoms with Crippen molar-refractivity contribution < 1.29 is 18.4 Å². The summed E-state index contributed by atoms with van der Waals surface area (Å²) < 4.78 is 32.4. The van der Waals surface area contributed by atoms with E-state index in [4.69, 9.17) is 0 Å². The number of carbonyl (C=O) groups is 2. The van der Waals surface area contributed by atoms with Gasteiger partial charge in [-0.3, -0.25) is 19.1 Å². The van der Waals surface area contributed by atoms with Crippen LogP contribution in [0.5, 0.6) is 0 Å². The highest BCUT2D eigenvalue weighted by atomic mass is 32.1. The Morgan fingerprint density at radius 2 is 1.63 bits per heavy atom. The second-order valence-electron chi connectivity index (χ2n) is 12.5. The quantitative estimate of drug-likeness (QED) is 0.126. The highest BCUT2D eigenvalue weighted by molar-refractivity contribution is 7.17. The number of pyridine rings is 1. The van der Waals surface area contributed by atoms with E-state index in [-0.39, 0.29) is 53.9 Å². The number of urea groups is 1. The molecule has 0 aliphatic heterocycles. The van der Waals surface area contributed by atoms with Crippen LogP contribution < -0.4 is 32.1 Å². The van der Waals surface area contributed by atoms with E-state index < -0.39 is 28.8 Å². The van der Waals surface area contributed by atoms with E-state index in [1.807, 2.05) is 30.5 Å². The minimum atomic E-state index is -0.765. The molecule has 1 unspecified atom stereocenters. The van der Waals surface area contributed by atoms with E-state index in [1.54, 1.807) is 62.5 Å². The fraction of sp³-hybridized carbons (Fsp3) is 0.225. The third-order valence-corrected chi connectivity index (χ3v) is 10.0. The maximum atomic E-state index is 15.0. The molecule has 0 aliphatic rings. The first kappa shape index (κ1) is 37.8. The maximum Gasteiger partial charge on any atom is 0.341 e. The molecule has 0 aliphatic carbocycles. The number of rotatable bonds is 12. The summed E-state index contributed by atoms with van der Waals surface area (Å²) in [7, 11) is 0. The number of hydrogen-bond donors (Lipinski definition) is 3. The van der Waals surface area contributed by atoms with Crippen LogP contribution in [0.3, 0.4) is 0 Å². The number of nitrogens with zero attached hydrogens (tertiary/aromatic N) is 4. The van der Waals surface area contributed by atoms with Crippen molar-refractivity contribution in [1.82, 2.24) is 24.8 Å². The number of para-hydroxylation sites is 1. The summed E-state index contributed by atoms with van der Waals surface area (Å²) in [5.41, 5.74) is 1.36. The number of benzene rings is 3. The number of fused-ring (bicyclic) bond motifs is 1. The van der Waals surface area contributed by atoms with Gasteiger partial charge >= 0.3 is 11.7 Å². The Morgan fingerprint density at radius 1 is 0.907 bits per heavy atom.